The second-order valence-electron chi connectivity index (χ2n) is 6.79. The van der Waals surface area contributed by atoms with E-state index in [1.54, 1.807) is 18.2 Å². The highest BCUT2D eigenvalue weighted by Gasteiger charge is 2.22. The Morgan fingerprint density at radius 1 is 1.03 bits per heavy atom. The highest BCUT2D eigenvalue weighted by atomic mass is 16.7. The van der Waals surface area contributed by atoms with Gasteiger partial charge in [-0.25, -0.2) is 0 Å². The third-order valence-electron chi connectivity index (χ3n) is 4.77. The average molecular weight is 409 g/mol. The van der Waals surface area contributed by atoms with Crippen LogP contribution < -0.4 is 15.0 Å². The van der Waals surface area contributed by atoms with Crippen molar-refractivity contribution in [1.82, 2.24) is 4.98 Å². The van der Waals surface area contributed by atoms with E-state index in [-0.39, 0.29) is 25.6 Å². The first-order valence-electron chi connectivity index (χ1n) is 9.27. The lowest BCUT2D eigenvalue weighted by molar-refractivity contribution is -0.143. The lowest BCUT2D eigenvalue weighted by Crippen LogP contribution is -2.12. The van der Waals surface area contributed by atoms with Gasteiger partial charge in [0.15, 0.2) is 11.5 Å². The summed E-state index contributed by atoms with van der Waals surface area (Å²) < 4.78 is 21.5. The molecule has 1 aromatic heterocycles. The number of ether oxygens (including phenoxy) is 4. The predicted molar refractivity (Wildman–Crippen MR) is 107 cm³/mol. The molecular formula is C22H19NO7. The summed E-state index contributed by atoms with van der Waals surface area (Å²) in [4.78, 5) is 38.3. The van der Waals surface area contributed by atoms with E-state index in [2.05, 4.69) is 4.98 Å². The number of H-pyrrole nitrogens is 1. The number of hydrogen-bond acceptors (Lipinski definition) is 7. The number of aromatic amines is 1. The third kappa shape index (κ3) is 3.71. The van der Waals surface area contributed by atoms with Crippen molar-refractivity contribution in [3.05, 3.63) is 58.0 Å². The molecule has 30 heavy (non-hydrogen) atoms. The molecule has 0 aliphatic carbocycles. The normalized spacial score (nSPS) is 12.1. The van der Waals surface area contributed by atoms with Gasteiger partial charge in [0.05, 0.1) is 0 Å². The maximum atomic E-state index is 12.7. The molecule has 0 bridgehead atoms. The quantitative estimate of drug-likeness (QED) is 0.646. The molecule has 0 fully saturated rings. The number of carbonyl (C=O) groups excluding carboxylic acids is 2. The highest BCUT2D eigenvalue weighted by Crippen LogP contribution is 2.42. The fourth-order valence-corrected chi connectivity index (χ4v) is 3.46. The molecule has 4 rings (SSSR count). The van der Waals surface area contributed by atoms with Crippen LogP contribution in [-0.2, 0) is 32.3 Å². The molecule has 0 unspecified atom stereocenters. The van der Waals surface area contributed by atoms with Gasteiger partial charge in [-0.1, -0.05) is 0 Å². The highest BCUT2D eigenvalue weighted by molar-refractivity contribution is 6.01. The van der Waals surface area contributed by atoms with Crippen molar-refractivity contribution in [2.24, 2.45) is 0 Å². The van der Waals surface area contributed by atoms with Gasteiger partial charge in [-0.15, -0.1) is 0 Å². The van der Waals surface area contributed by atoms with E-state index in [9.17, 15) is 14.4 Å². The van der Waals surface area contributed by atoms with Crippen molar-refractivity contribution in [1.29, 1.82) is 0 Å². The number of esters is 2. The van der Waals surface area contributed by atoms with Gasteiger partial charge in [0.2, 0.25) is 6.79 Å². The van der Waals surface area contributed by atoms with Crippen molar-refractivity contribution in [3.63, 3.8) is 0 Å². The number of fused-ring (bicyclic) bond motifs is 2. The minimum atomic E-state index is -0.466. The molecule has 0 saturated heterocycles. The number of benzene rings is 2. The molecule has 154 valence electrons. The van der Waals surface area contributed by atoms with E-state index >= 15 is 0 Å². The van der Waals surface area contributed by atoms with Crippen molar-refractivity contribution < 1.29 is 28.5 Å². The zero-order valence-corrected chi connectivity index (χ0v) is 16.4. The summed E-state index contributed by atoms with van der Waals surface area (Å²) in [6.07, 6.45) is 1.54. The monoisotopic (exact) mass is 409 g/mol. The van der Waals surface area contributed by atoms with Crippen LogP contribution in [0.5, 0.6) is 11.5 Å². The first-order valence-corrected chi connectivity index (χ1v) is 9.27. The summed E-state index contributed by atoms with van der Waals surface area (Å²) >= 11 is 0. The summed E-state index contributed by atoms with van der Waals surface area (Å²) in [5, 5.41) is 1.50. The van der Waals surface area contributed by atoms with Crippen LogP contribution >= 0.6 is 0 Å². The van der Waals surface area contributed by atoms with Gasteiger partial charge in [-0.2, -0.15) is 0 Å². The Morgan fingerprint density at radius 2 is 1.73 bits per heavy atom. The number of nitrogens with one attached hydrogen (secondary N) is 1. The van der Waals surface area contributed by atoms with E-state index < -0.39 is 11.9 Å². The summed E-state index contributed by atoms with van der Waals surface area (Å²) in [6.45, 7) is 2.61. The van der Waals surface area contributed by atoms with Gasteiger partial charge in [-0.3, -0.25) is 14.4 Å². The van der Waals surface area contributed by atoms with E-state index in [0.29, 0.717) is 33.8 Å². The Hall–Kier alpha value is -3.81. The van der Waals surface area contributed by atoms with Crippen molar-refractivity contribution in [2.45, 2.75) is 27.1 Å². The molecular weight excluding hydrogens is 390 g/mol. The second-order valence-corrected chi connectivity index (χ2v) is 6.79. The standard InChI is InChI=1S/C22H19NO7/c1-12(24)27-9-15-6-14-7-19-20(30-11-29-19)8-17(14)21(18(15)10-28-13(2)25)16-4-3-5-23-22(16)26/h3-8H,9-11H2,1-2H3,(H,23,26). The molecule has 0 atom stereocenters. The number of aromatic nitrogens is 1. The van der Waals surface area contributed by atoms with Gasteiger partial charge < -0.3 is 23.9 Å². The Balaban J connectivity index is 2.03. The Kier molecular flexibility index (Phi) is 5.14. The Labute approximate surface area is 171 Å². The molecule has 8 nitrogen and oxygen atoms in total. The molecule has 0 saturated carbocycles. The molecule has 8 heteroatoms. The minimum Gasteiger partial charge on any atom is -0.461 e. The minimum absolute atomic E-state index is 0.0337. The summed E-state index contributed by atoms with van der Waals surface area (Å²) in [5.41, 5.74) is 1.88. The van der Waals surface area contributed by atoms with Gasteiger partial charge >= 0.3 is 11.9 Å². The van der Waals surface area contributed by atoms with Crippen molar-refractivity contribution in [2.75, 3.05) is 6.79 Å². The first kappa shape index (κ1) is 19.5. The third-order valence-corrected chi connectivity index (χ3v) is 4.77. The van der Waals surface area contributed by atoms with Gasteiger partial charge in [-0.05, 0) is 46.7 Å². The molecule has 2 heterocycles. The summed E-state index contributed by atoms with van der Waals surface area (Å²) in [6, 6.07) is 8.84. The van der Waals surface area contributed by atoms with Crippen LogP contribution in [0.15, 0.2) is 41.3 Å². The number of rotatable bonds is 5. The summed E-state index contributed by atoms with van der Waals surface area (Å²) in [7, 11) is 0. The number of hydrogen-bond donors (Lipinski definition) is 1. The Morgan fingerprint density at radius 3 is 2.43 bits per heavy atom. The molecule has 1 N–H and O–H groups in total. The Bertz CT molecular complexity index is 1210. The predicted octanol–water partition coefficient (Wildman–Crippen LogP) is 3.05. The average Bonchev–Trinajstić information content (AvgIpc) is 3.16. The van der Waals surface area contributed by atoms with E-state index in [4.69, 9.17) is 18.9 Å². The smallest absolute Gasteiger partial charge is 0.302 e. The second kappa shape index (κ2) is 7.90. The van der Waals surface area contributed by atoms with Crippen molar-refractivity contribution >= 4 is 22.7 Å². The first-order chi connectivity index (χ1) is 14.4. The van der Waals surface area contributed by atoms with E-state index in [1.807, 2.05) is 12.1 Å². The van der Waals surface area contributed by atoms with Crippen molar-refractivity contribution in [3.8, 4) is 22.6 Å². The van der Waals surface area contributed by atoms with Crippen LogP contribution in [0.1, 0.15) is 25.0 Å². The topological polar surface area (TPSA) is 104 Å². The molecule has 3 aromatic rings. The van der Waals surface area contributed by atoms with Crippen LogP contribution in [-0.4, -0.2) is 23.7 Å². The van der Waals surface area contributed by atoms with Crippen LogP contribution in [0.4, 0.5) is 0 Å². The number of carbonyl (C=O) groups is 2. The SMILES string of the molecule is CC(=O)OCc1cc2cc3c(cc2c(-c2ccc[nH]c2=O)c1COC(C)=O)OCO3. The number of pyridine rings is 1. The molecule has 0 spiro atoms. The van der Waals surface area contributed by atoms with Gasteiger partial charge in [0.25, 0.3) is 5.56 Å². The lowest BCUT2D eigenvalue weighted by atomic mass is 9.90. The van der Waals surface area contributed by atoms with Crippen LogP contribution in [0.2, 0.25) is 0 Å². The van der Waals surface area contributed by atoms with E-state index in [1.165, 1.54) is 20.0 Å². The fraction of sp³-hybridized carbons (Fsp3) is 0.227. The molecule has 0 radical (unpaired) electrons. The van der Waals surface area contributed by atoms with Gasteiger partial charge in [0, 0.05) is 36.7 Å². The zero-order chi connectivity index (χ0) is 21.3. The lowest BCUT2D eigenvalue weighted by Gasteiger charge is -2.18. The molecule has 1 aliphatic rings. The zero-order valence-electron chi connectivity index (χ0n) is 16.4. The van der Waals surface area contributed by atoms with Crippen LogP contribution in [0.25, 0.3) is 21.9 Å². The largest absolute Gasteiger partial charge is 0.461 e. The maximum absolute atomic E-state index is 12.7. The summed E-state index contributed by atoms with van der Waals surface area (Å²) in [5.74, 6) is 0.231. The molecule has 0 amide bonds. The van der Waals surface area contributed by atoms with Gasteiger partial charge in [0.1, 0.15) is 13.2 Å². The fourth-order valence-electron chi connectivity index (χ4n) is 3.46. The maximum Gasteiger partial charge on any atom is 0.302 e. The molecule has 2 aromatic carbocycles. The van der Waals surface area contributed by atoms with Crippen LogP contribution in [0.3, 0.4) is 0 Å². The van der Waals surface area contributed by atoms with Crippen LogP contribution in [0, 0.1) is 0 Å². The van der Waals surface area contributed by atoms with E-state index in [0.717, 1.165) is 10.8 Å². The molecule has 1 aliphatic heterocycles.